The van der Waals surface area contributed by atoms with E-state index in [2.05, 4.69) is 6.58 Å². The number of hydrogen-bond donors (Lipinski definition) is 1. The number of hydrogen-bond acceptors (Lipinski definition) is 4. The molecule has 4 heteroatoms. The average Bonchev–Trinajstić information content (AvgIpc) is 2.39. The van der Waals surface area contributed by atoms with Crippen molar-refractivity contribution in [2.75, 3.05) is 26.8 Å². The summed E-state index contributed by atoms with van der Waals surface area (Å²) >= 11 is 0. The summed E-state index contributed by atoms with van der Waals surface area (Å²) in [7, 11) is 1.61. The van der Waals surface area contributed by atoms with E-state index in [-0.39, 0.29) is 12.4 Å². The summed E-state index contributed by atoms with van der Waals surface area (Å²) < 4.78 is 5.31. The Hall–Kier alpha value is -1.65. The molecule has 0 unspecified atom stereocenters. The van der Waals surface area contributed by atoms with Gasteiger partial charge in [-0.05, 0) is 25.1 Å². The highest BCUT2D eigenvalue weighted by Gasteiger charge is 2.11. The molecule has 0 fully saturated rings. The van der Waals surface area contributed by atoms with Crippen LogP contribution < -0.4 is 4.74 Å². The Morgan fingerprint density at radius 1 is 1.53 bits per heavy atom. The predicted molar refractivity (Wildman–Crippen MR) is 75.6 cm³/mol. The van der Waals surface area contributed by atoms with Crippen molar-refractivity contribution in [3.63, 3.8) is 0 Å². The van der Waals surface area contributed by atoms with Gasteiger partial charge in [-0.1, -0.05) is 6.08 Å². The molecule has 19 heavy (non-hydrogen) atoms. The number of benzene rings is 1. The molecule has 0 aromatic heterocycles. The number of methoxy groups -OCH3 is 1. The Labute approximate surface area is 114 Å². The van der Waals surface area contributed by atoms with E-state index in [1.807, 2.05) is 11.0 Å². The first-order valence-corrected chi connectivity index (χ1v) is 6.24. The molecule has 0 heterocycles. The third-order valence-corrected chi connectivity index (χ3v) is 2.88. The second-order valence-electron chi connectivity index (χ2n) is 4.33. The zero-order chi connectivity index (χ0) is 14.3. The standard InChI is InChI=1S/C15H21NO3/c1-4-7-16(8-9-17)11-14-10-13(12(2)18)5-6-15(14)19-3/h4-6,10,17H,1,7-9,11H2,2-3H3. The topological polar surface area (TPSA) is 49.8 Å². The summed E-state index contributed by atoms with van der Waals surface area (Å²) in [6.07, 6.45) is 1.79. The summed E-state index contributed by atoms with van der Waals surface area (Å²) in [5.74, 6) is 0.776. The number of aliphatic hydroxyl groups is 1. The van der Waals surface area contributed by atoms with Gasteiger partial charge in [-0.2, -0.15) is 0 Å². The minimum absolute atomic E-state index is 0.0290. The molecule has 0 spiro atoms. The van der Waals surface area contributed by atoms with E-state index in [9.17, 15) is 4.79 Å². The number of ketones is 1. The first-order chi connectivity index (χ1) is 9.12. The Kier molecular flexibility index (Phi) is 6.25. The van der Waals surface area contributed by atoms with Crippen molar-refractivity contribution >= 4 is 5.78 Å². The van der Waals surface area contributed by atoms with Crippen molar-refractivity contribution in [2.45, 2.75) is 13.5 Å². The molecule has 1 aromatic carbocycles. The van der Waals surface area contributed by atoms with Gasteiger partial charge in [0.05, 0.1) is 13.7 Å². The van der Waals surface area contributed by atoms with Gasteiger partial charge in [0.1, 0.15) is 5.75 Å². The van der Waals surface area contributed by atoms with Crippen LogP contribution in [0.3, 0.4) is 0 Å². The number of ether oxygens (including phenoxy) is 1. The van der Waals surface area contributed by atoms with Crippen LogP contribution in [-0.2, 0) is 6.54 Å². The lowest BCUT2D eigenvalue weighted by molar-refractivity contribution is 0.101. The molecule has 0 aliphatic carbocycles. The molecule has 0 radical (unpaired) electrons. The molecule has 0 saturated heterocycles. The van der Waals surface area contributed by atoms with Gasteiger partial charge in [0.15, 0.2) is 5.78 Å². The van der Waals surface area contributed by atoms with E-state index in [0.29, 0.717) is 25.2 Å². The van der Waals surface area contributed by atoms with E-state index in [4.69, 9.17) is 9.84 Å². The summed E-state index contributed by atoms with van der Waals surface area (Å²) in [5.41, 5.74) is 1.60. The first kappa shape index (κ1) is 15.4. The molecule has 104 valence electrons. The Balaban J connectivity index is 2.97. The Bertz CT molecular complexity index is 443. The largest absolute Gasteiger partial charge is 0.496 e. The van der Waals surface area contributed by atoms with Crippen molar-refractivity contribution < 1.29 is 14.6 Å². The first-order valence-electron chi connectivity index (χ1n) is 6.24. The molecule has 0 aliphatic rings. The van der Waals surface area contributed by atoms with Crippen LogP contribution in [0, 0.1) is 0 Å². The van der Waals surface area contributed by atoms with Gasteiger partial charge in [-0.15, -0.1) is 6.58 Å². The third kappa shape index (κ3) is 4.50. The van der Waals surface area contributed by atoms with E-state index in [0.717, 1.165) is 11.3 Å². The van der Waals surface area contributed by atoms with Crippen molar-refractivity contribution in [1.29, 1.82) is 0 Å². The van der Waals surface area contributed by atoms with Gasteiger partial charge in [0.25, 0.3) is 0 Å². The van der Waals surface area contributed by atoms with Crippen LogP contribution in [0.5, 0.6) is 5.75 Å². The Morgan fingerprint density at radius 3 is 2.79 bits per heavy atom. The number of nitrogens with zero attached hydrogens (tertiary/aromatic N) is 1. The highest BCUT2D eigenvalue weighted by molar-refractivity contribution is 5.94. The molecule has 0 saturated carbocycles. The predicted octanol–water partition coefficient (Wildman–Crippen LogP) is 1.88. The van der Waals surface area contributed by atoms with Gasteiger partial charge in [-0.3, -0.25) is 9.69 Å². The summed E-state index contributed by atoms with van der Waals surface area (Å²) in [6, 6.07) is 5.40. The van der Waals surface area contributed by atoms with E-state index < -0.39 is 0 Å². The van der Waals surface area contributed by atoms with E-state index in [1.54, 1.807) is 32.2 Å². The second-order valence-corrected chi connectivity index (χ2v) is 4.33. The lowest BCUT2D eigenvalue weighted by Crippen LogP contribution is -2.26. The molecular formula is C15H21NO3. The average molecular weight is 263 g/mol. The highest BCUT2D eigenvalue weighted by atomic mass is 16.5. The van der Waals surface area contributed by atoms with Crippen molar-refractivity contribution in [2.24, 2.45) is 0 Å². The maximum Gasteiger partial charge on any atom is 0.159 e. The third-order valence-electron chi connectivity index (χ3n) is 2.88. The smallest absolute Gasteiger partial charge is 0.159 e. The molecule has 1 rings (SSSR count). The monoisotopic (exact) mass is 263 g/mol. The molecular weight excluding hydrogens is 242 g/mol. The second kappa shape index (κ2) is 7.71. The van der Waals surface area contributed by atoms with Gasteiger partial charge >= 0.3 is 0 Å². The van der Waals surface area contributed by atoms with Gasteiger partial charge < -0.3 is 9.84 Å². The fraction of sp³-hybridized carbons (Fsp3) is 0.400. The van der Waals surface area contributed by atoms with Crippen molar-refractivity contribution in [1.82, 2.24) is 4.90 Å². The molecule has 1 aromatic rings. The number of aliphatic hydroxyl groups excluding tert-OH is 1. The molecule has 0 atom stereocenters. The molecule has 0 aliphatic heterocycles. The molecule has 0 bridgehead atoms. The van der Waals surface area contributed by atoms with Gasteiger partial charge in [0.2, 0.25) is 0 Å². The van der Waals surface area contributed by atoms with Gasteiger partial charge in [0, 0.05) is 30.8 Å². The number of carbonyl (C=O) groups is 1. The summed E-state index contributed by atoms with van der Waals surface area (Å²) in [4.78, 5) is 13.5. The molecule has 4 nitrogen and oxygen atoms in total. The van der Waals surface area contributed by atoms with Crippen LogP contribution >= 0.6 is 0 Å². The van der Waals surface area contributed by atoms with E-state index in [1.165, 1.54) is 0 Å². The minimum Gasteiger partial charge on any atom is -0.496 e. The lowest BCUT2D eigenvalue weighted by atomic mass is 10.1. The van der Waals surface area contributed by atoms with E-state index >= 15 is 0 Å². The summed E-state index contributed by atoms with van der Waals surface area (Å²) in [6.45, 7) is 7.17. The fourth-order valence-electron chi connectivity index (χ4n) is 1.92. The normalized spacial score (nSPS) is 10.5. The van der Waals surface area contributed by atoms with Crippen LogP contribution in [0.2, 0.25) is 0 Å². The maximum absolute atomic E-state index is 11.4. The maximum atomic E-state index is 11.4. The SMILES string of the molecule is C=CCN(CCO)Cc1cc(C(C)=O)ccc1OC. The number of rotatable bonds is 8. The van der Waals surface area contributed by atoms with Crippen LogP contribution in [-0.4, -0.2) is 42.6 Å². The highest BCUT2D eigenvalue weighted by Crippen LogP contribution is 2.22. The van der Waals surface area contributed by atoms with Crippen LogP contribution in [0.4, 0.5) is 0 Å². The van der Waals surface area contributed by atoms with Crippen LogP contribution in [0.25, 0.3) is 0 Å². The van der Waals surface area contributed by atoms with Gasteiger partial charge in [-0.25, -0.2) is 0 Å². The fourth-order valence-corrected chi connectivity index (χ4v) is 1.92. The quantitative estimate of drug-likeness (QED) is 0.574. The number of Topliss-reactive ketones (excluding diaryl/α,β-unsaturated/α-hetero) is 1. The van der Waals surface area contributed by atoms with Crippen LogP contribution in [0.1, 0.15) is 22.8 Å². The number of carbonyl (C=O) groups excluding carboxylic acids is 1. The van der Waals surface area contributed by atoms with Crippen LogP contribution in [0.15, 0.2) is 30.9 Å². The lowest BCUT2D eigenvalue weighted by Gasteiger charge is -2.21. The Morgan fingerprint density at radius 2 is 2.26 bits per heavy atom. The minimum atomic E-state index is 0.0290. The van der Waals surface area contributed by atoms with Crippen molar-refractivity contribution in [3.8, 4) is 5.75 Å². The zero-order valence-electron chi connectivity index (χ0n) is 11.6. The van der Waals surface area contributed by atoms with Crippen molar-refractivity contribution in [3.05, 3.63) is 42.0 Å². The molecule has 1 N–H and O–H groups in total. The summed E-state index contributed by atoms with van der Waals surface area (Å²) in [5, 5.41) is 9.05. The molecule has 0 amide bonds. The zero-order valence-corrected chi connectivity index (χ0v) is 11.6.